The smallest absolute Gasteiger partial charge is 0.170 e. The van der Waals surface area contributed by atoms with E-state index in [2.05, 4.69) is 49.6 Å². The third kappa shape index (κ3) is 3.64. The molecule has 0 bridgehead atoms. The molecular formula is C10H19N3S. The van der Waals surface area contributed by atoms with E-state index in [-0.39, 0.29) is 5.54 Å². The second-order valence-corrected chi connectivity index (χ2v) is 5.04. The van der Waals surface area contributed by atoms with Gasteiger partial charge in [0.1, 0.15) is 0 Å². The summed E-state index contributed by atoms with van der Waals surface area (Å²) in [5.41, 5.74) is 1.29. The average molecular weight is 213 g/mol. The minimum atomic E-state index is 0.0699. The van der Waals surface area contributed by atoms with Gasteiger partial charge in [-0.15, -0.1) is 0 Å². The first-order valence-electron chi connectivity index (χ1n) is 4.82. The Hall–Kier alpha value is -0.610. The van der Waals surface area contributed by atoms with E-state index in [1.165, 1.54) is 5.70 Å². The van der Waals surface area contributed by atoms with Gasteiger partial charge in [0.05, 0.1) is 0 Å². The number of hydrogen-bond donors (Lipinski definition) is 2. The molecule has 0 aromatic heterocycles. The summed E-state index contributed by atoms with van der Waals surface area (Å²) in [6, 6.07) is 0. The topological polar surface area (TPSA) is 27.3 Å². The van der Waals surface area contributed by atoms with Crippen molar-refractivity contribution in [2.24, 2.45) is 0 Å². The van der Waals surface area contributed by atoms with E-state index in [1.807, 2.05) is 0 Å². The Morgan fingerprint density at radius 3 is 2.64 bits per heavy atom. The van der Waals surface area contributed by atoms with Gasteiger partial charge in [0.25, 0.3) is 0 Å². The van der Waals surface area contributed by atoms with Crippen LogP contribution >= 0.6 is 12.2 Å². The average Bonchev–Trinajstić information content (AvgIpc) is 1.96. The minimum Gasteiger partial charge on any atom is -0.357 e. The molecule has 0 radical (unpaired) electrons. The third-order valence-corrected chi connectivity index (χ3v) is 2.27. The zero-order valence-corrected chi connectivity index (χ0v) is 10.2. The highest BCUT2D eigenvalue weighted by atomic mass is 32.1. The lowest BCUT2D eigenvalue weighted by atomic mass is 9.96. The highest BCUT2D eigenvalue weighted by Crippen LogP contribution is 2.17. The van der Waals surface area contributed by atoms with Gasteiger partial charge in [-0.3, -0.25) is 0 Å². The molecule has 4 heteroatoms. The first-order chi connectivity index (χ1) is 6.39. The molecule has 0 saturated carbocycles. The van der Waals surface area contributed by atoms with Crippen molar-refractivity contribution in [2.45, 2.75) is 25.8 Å². The number of thiocarbonyl (C=S) groups is 1. The van der Waals surface area contributed by atoms with Gasteiger partial charge < -0.3 is 15.5 Å². The fraction of sp³-hybridized carbons (Fsp3) is 0.700. The van der Waals surface area contributed by atoms with Crippen LogP contribution in [-0.4, -0.2) is 36.2 Å². The Morgan fingerprint density at radius 2 is 2.14 bits per heavy atom. The quantitative estimate of drug-likeness (QED) is 0.671. The van der Waals surface area contributed by atoms with Crippen molar-refractivity contribution >= 4 is 17.3 Å². The summed E-state index contributed by atoms with van der Waals surface area (Å²) in [6.07, 6.45) is 3.18. The molecule has 1 aliphatic rings. The second kappa shape index (κ2) is 4.28. The van der Waals surface area contributed by atoms with Crippen LogP contribution in [0.2, 0.25) is 0 Å². The molecule has 0 atom stereocenters. The highest BCUT2D eigenvalue weighted by Gasteiger charge is 2.25. The molecule has 14 heavy (non-hydrogen) atoms. The first-order valence-corrected chi connectivity index (χ1v) is 5.23. The minimum absolute atomic E-state index is 0.0699. The van der Waals surface area contributed by atoms with Crippen molar-refractivity contribution in [3.8, 4) is 0 Å². The van der Waals surface area contributed by atoms with Crippen LogP contribution < -0.4 is 10.6 Å². The molecule has 2 N–H and O–H groups in total. The number of nitrogens with zero attached hydrogens (tertiary/aromatic N) is 1. The number of rotatable bonds is 2. The van der Waals surface area contributed by atoms with Crippen LogP contribution in [0.25, 0.3) is 0 Å². The maximum atomic E-state index is 5.13. The van der Waals surface area contributed by atoms with Crippen LogP contribution in [0.1, 0.15) is 20.3 Å². The zero-order chi connectivity index (χ0) is 10.8. The van der Waals surface area contributed by atoms with Crippen LogP contribution in [0, 0.1) is 0 Å². The lowest BCUT2D eigenvalue weighted by molar-refractivity contribution is 0.419. The molecule has 80 valence electrons. The summed E-state index contributed by atoms with van der Waals surface area (Å²) >= 11 is 5.13. The number of hydrogen-bond acceptors (Lipinski definition) is 2. The molecule has 1 fully saturated rings. The summed E-state index contributed by atoms with van der Waals surface area (Å²) in [7, 11) is 4.11. The Morgan fingerprint density at radius 1 is 1.50 bits per heavy atom. The normalized spacial score (nSPS) is 23.5. The summed E-state index contributed by atoms with van der Waals surface area (Å²) in [6.45, 7) is 5.26. The SMILES string of the molecule is CN(C)C/C=C1/CC(C)(C)NC(=S)N1. The molecule has 0 aromatic rings. The Balaban J connectivity index is 2.62. The molecule has 3 nitrogen and oxygen atoms in total. The van der Waals surface area contributed by atoms with Crippen LogP contribution in [0.5, 0.6) is 0 Å². The molecule has 0 unspecified atom stereocenters. The van der Waals surface area contributed by atoms with E-state index in [4.69, 9.17) is 12.2 Å². The van der Waals surface area contributed by atoms with Crippen molar-refractivity contribution in [1.82, 2.24) is 15.5 Å². The van der Waals surface area contributed by atoms with Gasteiger partial charge in [-0.25, -0.2) is 0 Å². The maximum Gasteiger partial charge on any atom is 0.170 e. The first kappa shape index (κ1) is 11.5. The largest absolute Gasteiger partial charge is 0.357 e. The molecule has 0 aliphatic carbocycles. The van der Waals surface area contributed by atoms with Gasteiger partial charge in [-0.05, 0) is 40.2 Å². The summed E-state index contributed by atoms with van der Waals surface area (Å²) in [4.78, 5) is 2.13. The van der Waals surface area contributed by atoms with Gasteiger partial charge in [-0.1, -0.05) is 6.08 Å². The molecule has 1 rings (SSSR count). The van der Waals surface area contributed by atoms with E-state index in [9.17, 15) is 0 Å². The molecule has 1 saturated heterocycles. The monoisotopic (exact) mass is 213 g/mol. The standard InChI is InChI=1S/C10H19N3S/c1-10(2)7-8(5-6-13(3)4)11-9(14)12-10/h5H,6-7H2,1-4H3,(H2,11,12,14)/b8-5-. The van der Waals surface area contributed by atoms with Gasteiger partial charge >= 0.3 is 0 Å². The predicted octanol–water partition coefficient (Wildman–Crippen LogP) is 1.08. The van der Waals surface area contributed by atoms with Gasteiger partial charge in [0, 0.05) is 24.2 Å². The van der Waals surface area contributed by atoms with Crippen molar-refractivity contribution in [3.05, 3.63) is 11.8 Å². The van der Waals surface area contributed by atoms with Crippen molar-refractivity contribution in [3.63, 3.8) is 0 Å². The fourth-order valence-corrected chi connectivity index (χ4v) is 1.87. The van der Waals surface area contributed by atoms with E-state index in [1.54, 1.807) is 0 Å². The fourth-order valence-electron chi connectivity index (χ4n) is 1.46. The Kier molecular flexibility index (Phi) is 3.50. The molecular weight excluding hydrogens is 194 g/mol. The molecule has 1 aliphatic heterocycles. The van der Waals surface area contributed by atoms with Crippen molar-refractivity contribution in [2.75, 3.05) is 20.6 Å². The van der Waals surface area contributed by atoms with E-state index in [0.717, 1.165) is 18.1 Å². The van der Waals surface area contributed by atoms with Gasteiger partial charge in [0.2, 0.25) is 0 Å². The number of nitrogens with one attached hydrogen (secondary N) is 2. The van der Waals surface area contributed by atoms with Crippen LogP contribution in [0.3, 0.4) is 0 Å². The maximum absolute atomic E-state index is 5.13. The summed E-state index contributed by atoms with van der Waals surface area (Å²) < 4.78 is 0. The highest BCUT2D eigenvalue weighted by molar-refractivity contribution is 7.80. The summed E-state index contributed by atoms with van der Waals surface area (Å²) in [5, 5.41) is 7.15. The lowest BCUT2D eigenvalue weighted by Gasteiger charge is -2.35. The molecule has 0 amide bonds. The summed E-state index contributed by atoms with van der Waals surface area (Å²) in [5.74, 6) is 0. The lowest BCUT2D eigenvalue weighted by Crippen LogP contribution is -2.53. The van der Waals surface area contributed by atoms with E-state index < -0.39 is 0 Å². The van der Waals surface area contributed by atoms with Crippen LogP contribution in [0.4, 0.5) is 0 Å². The molecule has 0 aromatic carbocycles. The molecule has 0 spiro atoms. The van der Waals surface area contributed by atoms with Gasteiger partial charge in [0.15, 0.2) is 5.11 Å². The van der Waals surface area contributed by atoms with Gasteiger partial charge in [-0.2, -0.15) is 0 Å². The van der Waals surface area contributed by atoms with Crippen LogP contribution in [0.15, 0.2) is 11.8 Å². The predicted molar refractivity (Wildman–Crippen MR) is 64.2 cm³/mol. The van der Waals surface area contributed by atoms with Crippen LogP contribution in [-0.2, 0) is 0 Å². The second-order valence-electron chi connectivity index (χ2n) is 4.63. The van der Waals surface area contributed by atoms with Crippen molar-refractivity contribution < 1.29 is 0 Å². The molecule has 1 heterocycles. The third-order valence-electron chi connectivity index (χ3n) is 2.06. The zero-order valence-electron chi connectivity index (χ0n) is 9.35. The Bertz CT molecular complexity index is 256. The Labute approximate surface area is 91.5 Å². The van der Waals surface area contributed by atoms with E-state index in [0.29, 0.717) is 0 Å². The van der Waals surface area contributed by atoms with Crippen molar-refractivity contribution in [1.29, 1.82) is 0 Å². The number of likely N-dealkylation sites (N-methyl/N-ethyl adjacent to an activating group) is 1. The van der Waals surface area contributed by atoms with E-state index >= 15 is 0 Å².